The van der Waals surface area contributed by atoms with Crippen molar-refractivity contribution in [3.05, 3.63) is 95.1 Å². The third-order valence-electron chi connectivity index (χ3n) is 4.89. The van der Waals surface area contributed by atoms with Crippen LogP contribution in [-0.4, -0.2) is 13.4 Å². The van der Waals surface area contributed by atoms with Gasteiger partial charge in [-0.3, -0.25) is 4.98 Å². The monoisotopic (exact) mass is 473 g/mol. The van der Waals surface area contributed by atoms with Gasteiger partial charge in [0.15, 0.2) is 0 Å². The van der Waals surface area contributed by atoms with E-state index >= 15 is 0 Å². The molecule has 1 aromatic heterocycles. The van der Waals surface area contributed by atoms with Gasteiger partial charge in [-0.1, -0.05) is 12.1 Å². The second-order valence-corrected chi connectivity index (χ2v) is 8.51. The van der Waals surface area contributed by atoms with Crippen molar-refractivity contribution < 1.29 is 30.5 Å². The molecule has 0 saturated carbocycles. The van der Waals surface area contributed by atoms with E-state index in [1.54, 1.807) is 24.5 Å². The van der Waals surface area contributed by atoms with Crippen LogP contribution in [0, 0.1) is 11.3 Å². The number of alkyl halides is 3. The second kappa shape index (κ2) is 8.14. The lowest BCUT2D eigenvalue weighted by Crippen LogP contribution is -2.21. The van der Waals surface area contributed by atoms with Crippen LogP contribution in [0.15, 0.2) is 83.3 Å². The number of hydrogen-bond acceptors (Lipinski definition) is 7. The number of allylic oxidation sites excluding steroid dienone is 1. The number of ether oxygens (including phenoxy) is 1. The maximum Gasteiger partial charge on any atom is 0.416 e. The highest BCUT2D eigenvalue weighted by Gasteiger charge is 2.33. The molecular formula is C22H14F3N3O4S. The van der Waals surface area contributed by atoms with Crippen LogP contribution in [0.1, 0.15) is 22.6 Å². The van der Waals surface area contributed by atoms with Gasteiger partial charge in [-0.05, 0) is 42.0 Å². The zero-order valence-corrected chi connectivity index (χ0v) is 17.4. The first-order valence-electron chi connectivity index (χ1n) is 9.33. The van der Waals surface area contributed by atoms with Crippen molar-refractivity contribution in [2.24, 2.45) is 5.73 Å². The van der Waals surface area contributed by atoms with Gasteiger partial charge in [-0.2, -0.15) is 26.9 Å². The quantitative estimate of drug-likeness (QED) is 0.568. The Bertz CT molecular complexity index is 1400. The first kappa shape index (κ1) is 22.2. The molecule has 0 saturated heterocycles. The average Bonchev–Trinajstić information content (AvgIpc) is 2.78. The molecule has 0 spiro atoms. The van der Waals surface area contributed by atoms with E-state index in [0.29, 0.717) is 17.2 Å². The van der Waals surface area contributed by atoms with Gasteiger partial charge in [-0.15, -0.1) is 0 Å². The third kappa shape index (κ3) is 4.33. The van der Waals surface area contributed by atoms with Crippen molar-refractivity contribution in [1.82, 2.24) is 4.98 Å². The number of benzene rings is 2. The van der Waals surface area contributed by atoms with Gasteiger partial charge in [0.05, 0.1) is 11.5 Å². The Balaban J connectivity index is 1.70. The smallest absolute Gasteiger partial charge is 0.416 e. The average molecular weight is 473 g/mol. The number of pyridine rings is 1. The first-order chi connectivity index (χ1) is 15.6. The van der Waals surface area contributed by atoms with Gasteiger partial charge in [0.25, 0.3) is 0 Å². The Morgan fingerprint density at radius 2 is 1.82 bits per heavy atom. The van der Waals surface area contributed by atoms with Crippen LogP contribution in [0.25, 0.3) is 0 Å². The molecular weight excluding hydrogens is 459 g/mol. The zero-order valence-electron chi connectivity index (χ0n) is 16.6. The summed E-state index contributed by atoms with van der Waals surface area (Å²) in [5, 5.41) is 9.56. The van der Waals surface area contributed by atoms with Crippen molar-refractivity contribution in [2.45, 2.75) is 17.0 Å². The molecule has 1 aliphatic heterocycles. The Kier molecular flexibility index (Phi) is 5.47. The minimum atomic E-state index is -4.71. The molecule has 2 N–H and O–H groups in total. The summed E-state index contributed by atoms with van der Waals surface area (Å²) in [5.74, 6) is -0.807. The highest BCUT2D eigenvalue weighted by Crippen LogP contribution is 2.43. The molecule has 2 heterocycles. The van der Waals surface area contributed by atoms with Crippen molar-refractivity contribution in [3.63, 3.8) is 0 Å². The molecule has 0 aliphatic carbocycles. The summed E-state index contributed by atoms with van der Waals surface area (Å²) in [6.45, 7) is 0. The summed E-state index contributed by atoms with van der Waals surface area (Å²) in [4.78, 5) is 3.30. The normalized spacial score (nSPS) is 15.9. The summed E-state index contributed by atoms with van der Waals surface area (Å²) >= 11 is 0. The van der Waals surface area contributed by atoms with Gasteiger partial charge >= 0.3 is 16.3 Å². The van der Waals surface area contributed by atoms with E-state index < -0.39 is 32.7 Å². The summed E-state index contributed by atoms with van der Waals surface area (Å²) in [6, 6.07) is 12.7. The van der Waals surface area contributed by atoms with Crippen LogP contribution in [0.3, 0.4) is 0 Å². The Hall–Kier alpha value is -4.04. The van der Waals surface area contributed by atoms with E-state index in [4.69, 9.17) is 14.7 Å². The lowest BCUT2D eigenvalue weighted by Gasteiger charge is -2.26. The second-order valence-electron chi connectivity index (χ2n) is 6.97. The largest absolute Gasteiger partial charge is 0.440 e. The van der Waals surface area contributed by atoms with E-state index in [9.17, 15) is 26.9 Å². The molecule has 0 amide bonds. The minimum Gasteiger partial charge on any atom is -0.440 e. The fourth-order valence-corrected chi connectivity index (χ4v) is 4.36. The van der Waals surface area contributed by atoms with Gasteiger partial charge in [-0.25, -0.2) is 0 Å². The maximum atomic E-state index is 13.0. The topological polar surface area (TPSA) is 115 Å². The Morgan fingerprint density at radius 3 is 2.48 bits per heavy atom. The standard InChI is InChI=1S/C22H14F3N3O4S/c23-22(24,25)14-2-1-3-16(10-14)33(29,30)32-15-4-5-17-19(11-15)31-21(27)18(12-26)20(17)13-6-8-28-9-7-13/h1-11,20H,27H2. The van der Waals surface area contributed by atoms with Crippen LogP contribution < -0.4 is 14.7 Å². The first-order valence-corrected chi connectivity index (χ1v) is 10.7. The van der Waals surface area contributed by atoms with Gasteiger partial charge in [0.2, 0.25) is 5.88 Å². The summed E-state index contributed by atoms with van der Waals surface area (Å²) in [7, 11) is -4.58. The Labute approximate surface area is 186 Å². The van der Waals surface area contributed by atoms with E-state index in [0.717, 1.165) is 18.2 Å². The Morgan fingerprint density at radius 1 is 1.09 bits per heavy atom. The molecule has 0 bridgehead atoms. The number of aromatic nitrogens is 1. The molecule has 7 nitrogen and oxygen atoms in total. The van der Waals surface area contributed by atoms with E-state index in [2.05, 4.69) is 4.98 Å². The number of nitrogens with zero attached hydrogens (tertiary/aromatic N) is 2. The summed E-state index contributed by atoms with van der Waals surface area (Å²) in [6.07, 6.45) is -1.61. The lowest BCUT2D eigenvalue weighted by molar-refractivity contribution is -0.137. The predicted octanol–water partition coefficient (Wildman–Crippen LogP) is 4.09. The number of fused-ring (bicyclic) bond motifs is 1. The molecule has 4 rings (SSSR count). The van der Waals surface area contributed by atoms with Crippen LogP contribution >= 0.6 is 0 Å². The lowest BCUT2D eigenvalue weighted by atomic mass is 9.84. The molecule has 33 heavy (non-hydrogen) atoms. The molecule has 1 atom stereocenters. The number of hydrogen-bond donors (Lipinski definition) is 1. The molecule has 0 fully saturated rings. The summed E-state index contributed by atoms with van der Waals surface area (Å²) in [5.41, 5.74) is 6.19. The highest BCUT2D eigenvalue weighted by atomic mass is 32.2. The highest BCUT2D eigenvalue weighted by molar-refractivity contribution is 7.87. The number of nitrogens with two attached hydrogens (primary N) is 1. The van der Waals surface area contributed by atoms with Crippen LogP contribution in [0.5, 0.6) is 11.5 Å². The molecule has 11 heteroatoms. The van der Waals surface area contributed by atoms with Gasteiger partial charge in [0, 0.05) is 24.0 Å². The van der Waals surface area contributed by atoms with Crippen LogP contribution in [0.4, 0.5) is 13.2 Å². The van der Waals surface area contributed by atoms with Crippen LogP contribution in [0.2, 0.25) is 0 Å². The fraction of sp³-hybridized carbons (Fsp3) is 0.0909. The van der Waals surface area contributed by atoms with Gasteiger partial charge in [0.1, 0.15) is 28.0 Å². The fourth-order valence-electron chi connectivity index (χ4n) is 3.39. The number of nitriles is 1. The molecule has 168 valence electrons. The van der Waals surface area contributed by atoms with Gasteiger partial charge < -0.3 is 14.7 Å². The van der Waals surface area contributed by atoms with E-state index in [1.165, 1.54) is 18.2 Å². The number of rotatable bonds is 4. The van der Waals surface area contributed by atoms with E-state index in [-0.39, 0.29) is 23.0 Å². The molecule has 3 aromatic rings. The predicted molar refractivity (Wildman–Crippen MR) is 109 cm³/mol. The molecule has 1 aliphatic rings. The molecule has 1 unspecified atom stereocenters. The zero-order chi connectivity index (χ0) is 23.8. The maximum absolute atomic E-state index is 13.0. The molecule has 0 radical (unpaired) electrons. The number of halogens is 3. The molecule has 2 aromatic carbocycles. The van der Waals surface area contributed by atoms with Crippen molar-refractivity contribution in [2.75, 3.05) is 0 Å². The van der Waals surface area contributed by atoms with Crippen molar-refractivity contribution in [1.29, 1.82) is 5.26 Å². The summed E-state index contributed by atoms with van der Waals surface area (Å²) < 4.78 is 74.6. The SMILES string of the molecule is N#CC1=C(N)Oc2cc(OS(=O)(=O)c3cccc(C(F)(F)F)c3)ccc2C1c1ccncc1. The van der Waals surface area contributed by atoms with Crippen LogP contribution in [-0.2, 0) is 16.3 Å². The van der Waals surface area contributed by atoms with Crippen molar-refractivity contribution in [3.8, 4) is 17.6 Å². The minimum absolute atomic E-state index is 0.144. The van der Waals surface area contributed by atoms with E-state index in [1.807, 2.05) is 6.07 Å². The third-order valence-corrected chi connectivity index (χ3v) is 6.13. The van der Waals surface area contributed by atoms with Crippen molar-refractivity contribution >= 4 is 10.1 Å².